The highest BCUT2D eigenvalue weighted by molar-refractivity contribution is 5.06. The van der Waals surface area contributed by atoms with Crippen LogP contribution in [0.4, 0.5) is 0 Å². The molecule has 1 aliphatic heterocycles. The third-order valence-corrected chi connectivity index (χ3v) is 3.02. The first-order valence-electron chi connectivity index (χ1n) is 5.84. The topological polar surface area (TPSA) is 37.0 Å². The molecule has 3 nitrogen and oxygen atoms in total. The van der Waals surface area contributed by atoms with Gasteiger partial charge in [-0.15, -0.1) is 0 Å². The zero-order valence-corrected chi connectivity index (χ0v) is 9.33. The molecule has 15 heavy (non-hydrogen) atoms. The molecule has 0 radical (unpaired) electrons. The SMILES string of the molecule is C[C@H](OC[C@H]1CCCCN1)c1ccc[nH]1. The van der Waals surface area contributed by atoms with Gasteiger partial charge in [-0.25, -0.2) is 0 Å². The molecule has 1 fully saturated rings. The van der Waals surface area contributed by atoms with E-state index in [1.807, 2.05) is 12.3 Å². The largest absolute Gasteiger partial charge is 0.371 e. The van der Waals surface area contributed by atoms with Crippen molar-refractivity contribution in [2.75, 3.05) is 13.2 Å². The Morgan fingerprint density at radius 2 is 2.47 bits per heavy atom. The second-order valence-corrected chi connectivity index (χ2v) is 4.25. The molecule has 3 heteroatoms. The van der Waals surface area contributed by atoms with E-state index in [4.69, 9.17) is 4.74 Å². The van der Waals surface area contributed by atoms with E-state index >= 15 is 0 Å². The van der Waals surface area contributed by atoms with E-state index in [1.165, 1.54) is 19.3 Å². The van der Waals surface area contributed by atoms with E-state index in [0.717, 1.165) is 18.8 Å². The van der Waals surface area contributed by atoms with Gasteiger partial charge in [0, 0.05) is 17.9 Å². The van der Waals surface area contributed by atoms with Crippen LogP contribution in [0.3, 0.4) is 0 Å². The lowest BCUT2D eigenvalue weighted by Gasteiger charge is -2.24. The second kappa shape index (κ2) is 5.33. The van der Waals surface area contributed by atoms with E-state index in [9.17, 15) is 0 Å². The third-order valence-electron chi connectivity index (χ3n) is 3.02. The monoisotopic (exact) mass is 208 g/mol. The Bertz CT molecular complexity index is 265. The van der Waals surface area contributed by atoms with Gasteiger partial charge in [-0.05, 0) is 38.4 Å². The van der Waals surface area contributed by atoms with Crippen LogP contribution in [0.1, 0.15) is 38.0 Å². The smallest absolute Gasteiger partial charge is 0.0945 e. The molecule has 0 unspecified atom stereocenters. The lowest BCUT2D eigenvalue weighted by Crippen LogP contribution is -2.37. The fourth-order valence-electron chi connectivity index (χ4n) is 2.01. The Hall–Kier alpha value is -0.800. The Balaban J connectivity index is 1.73. The van der Waals surface area contributed by atoms with Crippen LogP contribution in [-0.4, -0.2) is 24.2 Å². The minimum Gasteiger partial charge on any atom is -0.371 e. The van der Waals surface area contributed by atoms with Gasteiger partial charge < -0.3 is 15.0 Å². The summed E-state index contributed by atoms with van der Waals surface area (Å²) >= 11 is 0. The number of ether oxygens (including phenoxy) is 1. The quantitative estimate of drug-likeness (QED) is 0.796. The molecule has 2 N–H and O–H groups in total. The number of hydrogen-bond donors (Lipinski definition) is 2. The first-order chi connectivity index (χ1) is 7.36. The molecule has 1 aliphatic rings. The van der Waals surface area contributed by atoms with Gasteiger partial charge in [0.25, 0.3) is 0 Å². The van der Waals surface area contributed by atoms with Crippen molar-refractivity contribution in [3.8, 4) is 0 Å². The lowest BCUT2D eigenvalue weighted by molar-refractivity contribution is 0.0419. The number of H-pyrrole nitrogens is 1. The summed E-state index contributed by atoms with van der Waals surface area (Å²) in [6.07, 6.45) is 6.00. The van der Waals surface area contributed by atoms with Crippen LogP contribution >= 0.6 is 0 Å². The molecular weight excluding hydrogens is 188 g/mol. The van der Waals surface area contributed by atoms with Gasteiger partial charge in [0.2, 0.25) is 0 Å². The molecular formula is C12H20N2O. The maximum absolute atomic E-state index is 5.83. The maximum atomic E-state index is 5.83. The molecule has 0 spiro atoms. The Labute approximate surface area is 91.2 Å². The van der Waals surface area contributed by atoms with Gasteiger partial charge >= 0.3 is 0 Å². The molecule has 0 saturated carbocycles. The first kappa shape index (κ1) is 10.7. The van der Waals surface area contributed by atoms with Crippen molar-refractivity contribution in [1.82, 2.24) is 10.3 Å². The molecule has 84 valence electrons. The molecule has 1 saturated heterocycles. The zero-order chi connectivity index (χ0) is 10.5. The number of aromatic amines is 1. The van der Waals surface area contributed by atoms with Gasteiger partial charge in [-0.1, -0.05) is 6.42 Å². The van der Waals surface area contributed by atoms with Crippen LogP contribution in [0.5, 0.6) is 0 Å². The van der Waals surface area contributed by atoms with Crippen molar-refractivity contribution in [2.45, 2.75) is 38.3 Å². The fraction of sp³-hybridized carbons (Fsp3) is 0.667. The number of hydrogen-bond acceptors (Lipinski definition) is 2. The van der Waals surface area contributed by atoms with E-state index in [2.05, 4.69) is 23.3 Å². The molecule has 0 bridgehead atoms. The molecule has 2 heterocycles. The highest BCUT2D eigenvalue weighted by Crippen LogP contribution is 2.16. The average molecular weight is 208 g/mol. The van der Waals surface area contributed by atoms with Crippen molar-refractivity contribution in [3.05, 3.63) is 24.0 Å². The maximum Gasteiger partial charge on any atom is 0.0945 e. The van der Waals surface area contributed by atoms with E-state index in [1.54, 1.807) is 0 Å². The number of piperidine rings is 1. The highest BCUT2D eigenvalue weighted by Gasteiger charge is 2.14. The summed E-state index contributed by atoms with van der Waals surface area (Å²) in [7, 11) is 0. The average Bonchev–Trinajstić information content (AvgIpc) is 2.81. The van der Waals surface area contributed by atoms with E-state index < -0.39 is 0 Å². The van der Waals surface area contributed by atoms with Crippen molar-refractivity contribution in [1.29, 1.82) is 0 Å². The molecule has 2 rings (SSSR count). The minimum absolute atomic E-state index is 0.170. The first-order valence-corrected chi connectivity index (χ1v) is 5.84. The predicted molar refractivity (Wildman–Crippen MR) is 60.8 cm³/mol. The Morgan fingerprint density at radius 3 is 3.13 bits per heavy atom. The normalized spacial score (nSPS) is 23.9. The van der Waals surface area contributed by atoms with Gasteiger partial charge in [0.1, 0.15) is 0 Å². The highest BCUT2D eigenvalue weighted by atomic mass is 16.5. The van der Waals surface area contributed by atoms with Crippen LogP contribution in [-0.2, 0) is 4.74 Å². The van der Waals surface area contributed by atoms with Crippen molar-refractivity contribution >= 4 is 0 Å². The van der Waals surface area contributed by atoms with Crippen LogP contribution in [0.2, 0.25) is 0 Å². The fourth-order valence-corrected chi connectivity index (χ4v) is 2.01. The predicted octanol–water partition coefficient (Wildman–Crippen LogP) is 2.23. The Morgan fingerprint density at radius 1 is 1.53 bits per heavy atom. The molecule has 0 amide bonds. The molecule has 2 atom stereocenters. The van der Waals surface area contributed by atoms with Crippen LogP contribution < -0.4 is 5.32 Å². The van der Waals surface area contributed by atoms with E-state index in [-0.39, 0.29) is 6.10 Å². The summed E-state index contributed by atoms with van der Waals surface area (Å²) in [5, 5.41) is 3.48. The molecule has 0 aromatic carbocycles. The summed E-state index contributed by atoms with van der Waals surface area (Å²) in [6, 6.07) is 4.63. The van der Waals surface area contributed by atoms with Gasteiger partial charge in [0.15, 0.2) is 0 Å². The number of nitrogens with one attached hydrogen (secondary N) is 2. The summed E-state index contributed by atoms with van der Waals surface area (Å²) in [5.74, 6) is 0. The second-order valence-electron chi connectivity index (χ2n) is 4.25. The molecule has 1 aromatic heterocycles. The summed E-state index contributed by atoms with van der Waals surface area (Å²) in [6.45, 7) is 4.06. The minimum atomic E-state index is 0.170. The number of aromatic nitrogens is 1. The number of rotatable bonds is 4. The Kier molecular flexibility index (Phi) is 3.80. The van der Waals surface area contributed by atoms with Crippen LogP contribution in [0.25, 0.3) is 0 Å². The summed E-state index contributed by atoms with van der Waals surface area (Å²) < 4.78 is 5.83. The van der Waals surface area contributed by atoms with Crippen LogP contribution in [0, 0.1) is 0 Å². The van der Waals surface area contributed by atoms with Gasteiger partial charge in [-0.3, -0.25) is 0 Å². The summed E-state index contributed by atoms with van der Waals surface area (Å²) in [5.41, 5.74) is 1.16. The third kappa shape index (κ3) is 3.08. The lowest BCUT2D eigenvalue weighted by atomic mass is 10.1. The van der Waals surface area contributed by atoms with Crippen molar-refractivity contribution < 1.29 is 4.74 Å². The van der Waals surface area contributed by atoms with Crippen molar-refractivity contribution in [2.24, 2.45) is 0 Å². The van der Waals surface area contributed by atoms with Gasteiger partial charge in [-0.2, -0.15) is 0 Å². The molecule has 0 aliphatic carbocycles. The van der Waals surface area contributed by atoms with Crippen LogP contribution in [0.15, 0.2) is 18.3 Å². The van der Waals surface area contributed by atoms with Crippen molar-refractivity contribution in [3.63, 3.8) is 0 Å². The van der Waals surface area contributed by atoms with Gasteiger partial charge in [0.05, 0.1) is 12.7 Å². The standard InChI is InChI=1S/C12H20N2O/c1-10(12-6-4-8-14-12)15-9-11-5-2-3-7-13-11/h4,6,8,10-11,13-14H,2-3,5,7,9H2,1H3/t10-,11+/m0/s1. The molecule has 1 aromatic rings. The summed E-state index contributed by atoms with van der Waals surface area (Å²) in [4.78, 5) is 3.18. The van der Waals surface area contributed by atoms with E-state index in [0.29, 0.717) is 6.04 Å². The zero-order valence-electron chi connectivity index (χ0n) is 9.33.